The van der Waals surface area contributed by atoms with Crippen LogP contribution in [0.3, 0.4) is 0 Å². The van der Waals surface area contributed by atoms with E-state index < -0.39 is 10.0 Å². The third-order valence-corrected chi connectivity index (χ3v) is 8.14. The summed E-state index contributed by atoms with van der Waals surface area (Å²) < 4.78 is 29.2. The molecule has 3 aromatic rings. The Morgan fingerprint density at radius 3 is 2.70 bits per heavy atom. The van der Waals surface area contributed by atoms with Gasteiger partial charge in [0.2, 0.25) is 20.9 Å². The van der Waals surface area contributed by atoms with Crippen molar-refractivity contribution < 1.29 is 13.2 Å². The molecule has 0 radical (unpaired) electrons. The molecule has 0 spiro atoms. The van der Waals surface area contributed by atoms with Crippen molar-refractivity contribution in [3.63, 3.8) is 0 Å². The molecule has 1 saturated heterocycles. The maximum Gasteiger partial charge on any atom is 0.243 e. The van der Waals surface area contributed by atoms with Crippen molar-refractivity contribution in [2.24, 2.45) is 5.92 Å². The molecule has 10 heteroatoms. The van der Waals surface area contributed by atoms with E-state index in [0.29, 0.717) is 25.9 Å². The largest absolute Gasteiger partial charge is 0.350 e. The Bertz CT molecular complexity index is 1180. The molecule has 1 atom stereocenters. The summed E-state index contributed by atoms with van der Waals surface area (Å²) in [6, 6.07) is 6.82. The van der Waals surface area contributed by atoms with E-state index in [1.807, 2.05) is 20.8 Å². The van der Waals surface area contributed by atoms with Crippen molar-refractivity contribution in [2.45, 2.75) is 45.1 Å². The first-order valence-corrected chi connectivity index (χ1v) is 12.2. The maximum absolute atomic E-state index is 13.0. The molecule has 2 aromatic heterocycles. The van der Waals surface area contributed by atoms with Gasteiger partial charge in [0.1, 0.15) is 5.01 Å². The molecular formula is C20H25N5O3S2. The Morgan fingerprint density at radius 2 is 1.97 bits per heavy atom. The van der Waals surface area contributed by atoms with E-state index >= 15 is 0 Å². The number of imidazole rings is 1. The first-order chi connectivity index (χ1) is 14.3. The number of aromatic nitrogens is 3. The van der Waals surface area contributed by atoms with Crippen LogP contribution in [0.1, 0.15) is 34.8 Å². The van der Waals surface area contributed by atoms with Gasteiger partial charge < -0.3 is 5.32 Å². The molecule has 30 heavy (non-hydrogen) atoms. The highest BCUT2D eigenvalue weighted by Gasteiger charge is 2.33. The average molecular weight is 448 g/mol. The second kappa shape index (κ2) is 8.09. The molecule has 8 nitrogen and oxygen atoms in total. The molecule has 0 unspecified atom stereocenters. The van der Waals surface area contributed by atoms with Gasteiger partial charge in [-0.3, -0.25) is 4.79 Å². The fourth-order valence-corrected chi connectivity index (χ4v) is 6.07. The van der Waals surface area contributed by atoms with E-state index in [0.717, 1.165) is 26.9 Å². The first kappa shape index (κ1) is 21.0. The molecule has 0 bridgehead atoms. The lowest BCUT2D eigenvalue weighted by Crippen LogP contribution is -2.45. The van der Waals surface area contributed by atoms with Gasteiger partial charge in [0.05, 0.1) is 28.7 Å². The molecule has 1 aromatic carbocycles. The Morgan fingerprint density at radius 1 is 1.23 bits per heavy atom. The van der Waals surface area contributed by atoms with Crippen LogP contribution >= 0.6 is 11.3 Å². The number of hydrogen-bond acceptors (Lipinski definition) is 6. The van der Waals surface area contributed by atoms with E-state index in [-0.39, 0.29) is 23.3 Å². The van der Waals surface area contributed by atoms with Crippen LogP contribution in [0, 0.1) is 26.7 Å². The predicted molar refractivity (Wildman–Crippen MR) is 115 cm³/mol. The highest BCUT2D eigenvalue weighted by molar-refractivity contribution is 7.89. The minimum atomic E-state index is -3.61. The molecule has 3 heterocycles. The number of rotatable bonds is 5. The topological polar surface area (TPSA) is 96.7 Å². The summed E-state index contributed by atoms with van der Waals surface area (Å²) in [5.74, 6) is -0.514. The number of hydrogen-bond donors (Lipinski definition) is 1. The summed E-state index contributed by atoms with van der Waals surface area (Å²) in [6.07, 6.45) is 1.33. The monoisotopic (exact) mass is 447 g/mol. The summed E-state index contributed by atoms with van der Waals surface area (Å²) in [4.78, 5) is 18.4. The Labute approximate surface area is 180 Å². The van der Waals surface area contributed by atoms with Gasteiger partial charge >= 0.3 is 0 Å². The first-order valence-electron chi connectivity index (χ1n) is 9.92. The molecule has 4 rings (SSSR count). The molecule has 0 aliphatic carbocycles. The normalized spacial score (nSPS) is 18.0. The van der Waals surface area contributed by atoms with Gasteiger partial charge in [-0.05, 0) is 45.7 Å². The van der Waals surface area contributed by atoms with Crippen LogP contribution in [-0.2, 0) is 21.4 Å². The minimum absolute atomic E-state index is 0.139. The van der Waals surface area contributed by atoms with Crippen LogP contribution in [-0.4, -0.2) is 46.3 Å². The molecule has 1 fully saturated rings. The summed E-state index contributed by atoms with van der Waals surface area (Å²) in [6.45, 7) is 6.67. The Balaban J connectivity index is 1.44. The number of carbonyl (C=O) groups excluding carboxylic acids is 1. The third kappa shape index (κ3) is 3.99. The number of nitrogens with zero attached hydrogens (tertiary/aromatic N) is 4. The van der Waals surface area contributed by atoms with E-state index in [9.17, 15) is 13.2 Å². The number of fused-ring (bicyclic) bond motifs is 1. The smallest absolute Gasteiger partial charge is 0.243 e. The number of sulfonamides is 1. The zero-order valence-corrected chi connectivity index (χ0v) is 18.9. The van der Waals surface area contributed by atoms with Crippen molar-refractivity contribution in [1.29, 1.82) is 0 Å². The van der Waals surface area contributed by atoms with Crippen molar-refractivity contribution in [1.82, 2.24) is 24.2 Å². The van der Waals surface area contributed by atoms with Crippen molar-refractivity contribution >= 4 is 32.2 Å². The molecular weight excluding hydrogens is 422 g/mol. The van der Waals surface area contributed by atoms with Crippen LogP contribution in [0.4, 0.5) is 0 Å². The zero-order valence-electron chi connectivity index (χ0n) is 17.3. The van der Waals surface area contributed by atoms with E-state index in [1.165, 1.54) is 15.6 Å². The van der Waals surface area contributed by atoms with Crippen LogP contribution in [0.15, 0.2) is 29.2 Å². The number of aryl methyl sites for hydroxylation is 3. The van der Waals surface area contributed by atoms with E-state index in [2.05, 4.69) is 15.4 Å². The summed E-state index contributed by atoms with van der Waals surface area (Å²) >= 11 is 1.51. The molecule has 160 valence electrons. The van der Waals surface area contributed by atoms with Crippen molar-refractivity contribution in [2.75, 3.05) is 13.1 Å². The van der Waals surface area contributed by atoms with E-state index in [4.69, 9.17) is 0 Å². The fraction of sp³-hybridized carbons (Fsp3) is 0.450. The average Bonchev–Trinajstić information content (AvgIpc) is 3.21. The van der Waals surface area contributed by atoms with Gasteiger partial charge in [0, 0.05) is 13.1 Å². The van der Waals surface area contributed by atoms with Gasteiger partial charge in [-0.1, -0.05) is 29.0 Å². The number of nitrogens with one attached hydrogen (secondary N) is 1. The van der Waals surface area contributed by atoms with Gasteiger partial charge in [-0.15, -0.1) is 0 Å². The second-order valence-electron chi connectivity index (χ2n) is 7.69. The third-order valence-electron chi connectivity index (χ3n) is 5.44. The molecule has 0 saturated carbocycles. The Hall–Kier alpha value is -2.30. The highest BCUT2D eigenvalue weighted by atomic mass is 32.2. The molecule has 1 aliphatic heterocycles. The summed E-state index contributed by atoms with van der Waals surface area (Å²) in [7, 11) is -3.61. The molecule has 1 N–H and O–H groups in total. The van der Waals surface area contributed by atoms with Crippen LogP contribution < -0.4 is 5.32 Å². The number of carbonyl (C=O) groups is 1. The summed E-state index contributed by atoms with van der Waals surface area (Å²) in [5, 5.41) is 8.31. The van der Waals surface area contributed by atoms with Crippen LogP contribution in [0.2, 0.25) is 0 Å². The second-order valence-corrected chi connectivity index (χ2v) is 10.8. The quantitative estimate of drug-likeness (QED) is 0.648. The standard InChI is InChI=1S/C20H25N5O3S2/c1-13-6-8-17(9-7-13)30(27,28)24-10-4-5-16(12-24)19(26)21-11-18-14(2)22-20-25(18)23-15(3)29-20/h6-9,16H,4-5,10-12H2,1-3H3,(H,21,26)/t16-/m1/s1. The number of benzene rings is 1. The highest BCUT2D eigenvalue weighted by Crippen LogP contribution is 2.24. The van der Waals surface area contributed by atoms with Crippen LogP contribution in [0.25, 0.3) is 4.96 Å². The van der Waals surface area contributed by atoms with E-state index in [1.54, 1.807) is 28.8 Å². The van der Waals surface area contributed by atoms with Gasteiger partial charge in [-0.25, -0.2) is 17.9 Å². The van der Waals surface area contributed by atoms with Crippen molar-refractivity contribution in [3.8, 4) is 0 Å². The maximum atomic E-state index is 13.0. The van der Waals surface area contributed by atoms with Crippen LogP contribution in [0.5, 0.6) is 0 Å². The number of amides is 1. The van der Waals surface area contributed by atoms with Crippen molar-refractivity contribution in [3.05, 3.63) is 46.2 Å². The van der Waals surface area contributed by atoms with Gasteiger partial charge in [0.25, 0.3) is 0 Å². The molecule has 1 aliphatic rings. The predicted octanol–water partition coefficient (Wildman–Crippen LogP) is 2.43. The minimum Gasteiger partial charge on any atom is -0.350 e. The number of piperidine rings is 1. The Kier molecular flexibility index (Phi) is 5.65. The molecule has 1 amide bonds. The lowest BCUT2D eigenvalue weighted by molar-refractivity contribution is -0.126. The van der Waals surface area contributed by atoms with Gasteiger partial charge in [-0.2, -0.15) is 9.40 Å². The van der Waals surface area contributed by atoms with Gasteiger partial charge in [0.15, 0.2) is 0 Å². The zero-order chi connectivity index (χ0) is 21.5. The lowest BCUT2D eigenvalue weighted by Gasteiger charge is -2.31. The SMILES string of the molecule is Cc1ccc(S(=O)(=O)N2CCC[C@@H](C(=O)NCc3c(C)nc4sc(C)nn34)C2)cc1. The lowest BCUT2D eigenvalue weighted by atomic mass is 9.99. The fourth-order valence-electron chi connectivity index (χ4n) is 3.74. The summed E-state index contributed by atoms with van der Waals surface area (Å²) in [5.41, 5.74) is 2.69.